The maximum absolute atomic E-state index is 13.2. The van der Waals surface area contributed by atoms with Gasteiger partial charge in [-0.25, -0.2) is 0 Å². The number of unbranched alkanes of at least 4 members (excludes halogenated alkanes) is 24. The minimum absolute atomic E-state index is 0.00709. The van der Waals surface area contributed by atoms with E-state index in [1.165, 1.54) is 166 Å². The first-order valence-electron chi connectivity index (χ1n) is 40.6. The molecule has 0 aliphatic rings. The van der Waals surface area contributed by atoms with Crippen molar-refractivity contribution in [1.82, 2.24) is 19.6 Å². The van der Waals surface area contributed by atoms with Crippen LogP contribution in [0.15, 0.2) is 23.3 Å². The molecule has 0 aromatic rings. The highest BCUT2D eigenvalue weighted by Gasteiger charge is 2.23. The van der Waals surface area contributed by atoms with E-state index in [1.54, 1.807) is 0 Å². The van der Waals surface area contributed by atoms with Gasteiger partial charge in [0.1, 0.15) is 12.2 Å². The van der Waals surface area contributed by atoms with Gasteiger partial charge in [-0.05, 0) is 227 Å². The van der Waals surface area contributed by atoms with Crippen molar-refractivity contribution in [2.24, 2.45) is 35.5 Å². The maximum Gasteiger partial charge on any atom is 0.306 e. The second kappa shape index (κ2) is 64.3. The van der Waals surface area contributed by atoms with E-state index in [4.69, 9.17) is 18.9 Å². The zero-order valence-electron chi connectivity index (χ0n) is 66.6. The summed E-state index contributed by atoms with van der Waals surface area (Å²) in [7, 11) is 8.70. The molecule has 12 heteroatoms. The molecule has 0 spiro atoms. The lowest BCUT2D eigenvalue weighted by Crippen LogP contribution is -2.33. The third-order valence-electron chi connectivity index (χ3n) is 19.0. The van der Waals surface area contributed by atoms with Crippen molar-refractivity contribution < 1.29 is 38.1 Å². The van der Waals surface area contributed by atoms with Crippen LogP contribution in [-0.4, -0.2) is 149 Å². The Bertz CT molecular complexity index is 1870. The Kier molecular flexibility index (Phi) is 62.4. The maximum atomic E-state index is 13.2. The van der Waals surface area contributed by atoms with Gasteiger partial charge in [0.05, 0.1) is 13.2 Å². The highest BCUT2D eigenvalue weighted by atomic mass is 16.6. The normalized spacial score (nSPS) is 13.2. The van der Waals surface area contributed by atoms with Crippen LogP contribution in [0.25, 0.3) is 0 Å². The highest BCUT2D eigenvalue weighted by molar-refractivity contribution is 5.70. The molecule has 4 unspecified atom stereocenters. The summed E-state index contributed by atoms with van der Waals surface area (Å²) in [5.41, 5.74) is 2.66. The van der Waals surface area contributed by atoms with Gasteiger partial charge in [-0.15, -0.1) is 0 Å². The average Bonchev–Trinajstić information content (AvgIpc) is 1.62. The monoisotopic (exact) mass is 1360 g/mol. The van der Waals surface area contributed by atoms with E-state index in [1.807, 2.05) is 0 Å². The first-order valence-corrected chi connectivity index (χ1v) is 40.6. The summed E-state index contributed by atoms with van der Waals surface area (Å²) < 4.78 is 23.5. The van der Waals surface area contributed by atoms with Gasteiger partial charge in [0.25, 0.3) is 0 Å². The van der Waals surface area contributed by atoms with E-state index in [9.17, 15) is 19.2 Å². The molecule has 0 aromatic heterocycles. The van der Waals surface area contributed by atoms with E-state index >= 15 is 0 Å². The van der Waals surface area contributed by atoms with Crippen molar-refractivity contribution in [3.63, 3.8) is 0 Å². The summed E-state index contributed by atoms with van der Waals surface area (Å²) in [6.45, 7) is 36.6. The van der Waals surface area contributed by atoms with Gasteiger partial charge in [0.15, 0.2) is 0 Å². The Morgan fingerprint density at radius 2 is 0.646 bits per heavy atom. The molecule has 96 heavy (non-hydrogen) atoms. The molecule has 0 saturated heterocycles. The highest BCUT2D eigenvalue weighted by Crippen LogP contribution is 2.28. The van der Waals surface area contributed by atoms with Gasteiger partial charge in [0.2, 0.25) is 0 Å². The van der Waals surface area contributed by atoms with Crippen LogP contribution in [0.2, 0.25) is 0 Å². The number of nitrogens with zero attached hydrogens (tertiary/aromatic N) is 4. The van der Waals surface area contributed by atoms with E-state index < -0.39 is 0 Å². The third-order valence-corrected chi connectivity index (χ3v) is 19.0. The number of rotatable bonds is 69. The number of carbonyl (C=O) groups is 4. The Labute approximate surface area is 596 Å². The fourth-order valence-electron chi connectivity index (χ4n) is 13.2. The fraction of sp³-hybridized carbons (Fsp3) is 0.905. The van der Waals surface area contributed by atoms with Crippen molar-refractivity contribution >= 4 is 23.9 Å². The fourth-order valence-corrected chi connectivity index (χ4v) is 13.2. The van der Waals surface area contributed by atoms with Crippen molar-refractivity contribution in [1.29, 1.82) is 0 Å². The van der Waals surface area contributed by atoms with Crippen molar-refractivity contribution in [3.05, 3.63) is 23.3 Å². The van der Waals surface area contributed by atoms with E-state index in [0.29, 0.717) is 74.4 Å². The number of hydrogen-bond acceptors (Lipinski definition) is 12. The minimum Gasteiger partial charge on any atom is -0.466 e. The van der Waals surface area contributed by atoms with E-state index in [-0.39, 0.29) is 36.1 Å². The topological polar surface area (TPSA) is 118 Å². The molecule has 0 saturated carbocycles. The first kappa shape index (κ1) is 93.2. The molecule has 12 nitrogen and oxygen atoms in total. The number of likely N-dealkylation sites (N-methyl/N-ethyl adjacent to an activating group) is 2. The molecule has 0 heterocycles. The molecule has 0 N–H and O–H groups in total. The van der Waals surface area contributed by atoms with Crippen LogP contribution in [0.5, 0.6) is 0 Å². The SMILES string of the molecule is CC(C)=CCCC(C)CC(=O)OCCCCCCCCCN(CCCCCCCCCOC(=O)CC(CCC=C(C)C)CCC(C)CC(CC(C)C)OC(=O)CCCCCCCCCN(CCCCCCCCCC(=O)OC(CC(C)C)CC(C)C)CCN(C)C)CCN(C)C. The zero-order chi connectivity index (χ0) is 71.4. The van der Waals surface area contributed by atoms with Crippen molar-refractivity contribution in [3.8, 4) is 0 Å². The number of ether oxygens (including phenoxy) is 4. The molecule has 4 atom stereocenters. The van der Waals surface area contributed by atoms with Crippen LogP contribution in [0.3, 0.4) is 0 Å². The lowest BCUT2D eigenvalue weighted by Gasteiger charge is -2.24. The quantitative estimate of drug-likeness (QED) is 0.0250. The summed E-state index contributed by atoms with van der Waals surface area (Å²) in [5.74, 6) is 2.48. The van der Waals surface area contributed by atoms with Gasteiger partial charge in [-0.2, -0.15) is 0 Å². The van der Waals surface area contributed by atoms with Crippen LogP contribution < -0.4 is 0 Å². The van der Waals surface area contributed by atoms with E-state index in [0.717, 1.165) is 142 Å². The standard InChI is InChI=1S/C84H162N4O8/c1-71(2)47-45-49-76(11)69-83(91)93-63-43-35-27-19-25-33-41-57-88(62-60-86(15)16)58-42-34-26-20-28-36-44-64-94-84(92)70-78(50-46-48-72(3)4)54-53-77(12)68-80(67-75(9)10)96-82(90)52-38-30-22-18-24-32-40-56-87(61-59-85(13)14)55-39-31-23-17-21-29-37-51-81(89)95-79(65-73(5)6)66-74(7)8/h47-48,73-80H,17-46,49-70H2,1-16H3. The molecule has 0 amide bonds. The van der Waals surface area contributed by atoms with Crippen LogP contribution in [0, 0.1) is 35.5 Å². The Balaban J connectivity index is 4.50. The Morgan fingerprint density at radius 3 is 1.00 bits per heavy atom. The summed E-state index contributed by atoms with van der Waals surface area (Å²) >= 11 is 0. The number of esters is 4. The molecule has 0 aliphatic heterocycles. The molecule has 0 aliphatic carbocycles. The molecule has 566 valence electrons. The van der Waals surface area contributed by atoms with Gasteiger partial charge in [0, 0.05) is 51.9 Å². The second-order valence-electron chi connectivity index (χ2n) is 32.3. The summed E-state index contributed by atoms with van der Waals surface area (Å²) in [4.78, 5) is 61.1. The van der Waals surface area contributed by atoms with Gasteiger partial charge >= 0.3 is 23.9 Å². The van der Waals surface area contributed by atoms with Crippen molar-refractivity contribution in [2.75, 3.05) is 93.8 Å². The minimum atomic E-state index is -0.0581. The van der Waals surface area contributed by atoms with E-state index in [2.05, 4.69) is 143 Å². The lowest BCUT2D eigenvalue weighted by molar-refractivity contribution is -0.151. The second-order valence-corrected chi connectivity index (χ2v) is 32.3. The summed E-state index contributed by atoms with van der Waals surface area (Å²) in [6, 6.07) is 0. The molecular weight excluding hydrogens is 1190 g/mol. The van der Waals surface area contributed by atoms with Crippen LogP contribution >= 0.6 is 0 Å². The molecule has 0 bridgehead atoms. The first-order chi connectivity index (χ1) is 45.9. The molecule has 0 rings (SSSR count). The number of carbonyl (C=O) groups excluding carboxylic acids is 4. The summed E-state index contributed by atoms with van der Waals surface area (Å²) in [6.07, 6.45) is 49.6. The lowest BCUT2D eigenvalue weighted by atomic mass is 9.87. The van der Waals surface area contributed by atoms with Crippen molar-refractivity contribution in [2.45, 2.75) is 365 Å². The zero-order valence-corrected chi connectivity index (χ0v) is 66.6. The van der Waals surface area contributed by atoms with Crippen LogP contribution in [-0.2, 0) is 38.1 Å². The predicted molar refractivity (Wildman–Crippen MR) is 411 cm³/mol. The van der Waals surface area contributed by atoms with Crippen LogP contribution in [0.4, 0.5) is 0 Å². The molecule has 0 aromatic carbocycles. The van der Waals surface area contributed by atoms with Crippen LogP contribution in [0.1, 0.15) is 353 Å². The average molecular weight is 1360 g/mol. The predicted octanol–water partition coefficient (Wildman–Crippen LogP) is 21.8. The van der Waals surface area contributed by atoms with Gasteiger partial charge in [-0.3, -0.25) is 19.2 Å². The largest absolute Gasteiger partial charge is 0.466 e. The smallest absolute Gasteiger partial charge is 0.306 e. The molecule has 0 fully saturated rings. The Morgan fingerprint density at radius 1 is 0.323 bits per heavy atom. The summed E-state index contributed by atoms with van der Waals surface area (Å²) in [5, 5.41) is 0. The molecule has 0 radical (unpaired) electrons. The molecular formula is C84H162N4O8. The third kappa shape index (κ3) is 65.8. The number of allylic oxidation sites excluding steroid dienone is 4. The van der Waals surface area contributed by atoms with Gasteiger partial charge < -0.3 is 38.5 Å². The number of hydrogen-bond donors (Lipinski definition) is 0. The Hall–Kier alpha value is -2.80. The van der Waals surface area contributed by atoms with Gasteiger partial charge in [-0.1, -0.05) is 214 Å².